The number of piperazine rings is 1. The molecule has 4 rings (SSSR count). The van der Waals surface area contributed by atoms with Gasteiger partial charge in [-0.3, -0.25) is 19.3 Å². The lowest BCUT2D eigenvalue weighted by atomic mass is 10.0. The number of fused-ring (bicyclic) bond motifs is 1. The van der Waals surface area contributed by atoms with Gasteiger partial charge in [0.2, 0.25) is 11.8 Å². The van der Waals surface area contributed by atoms with E-state index in [4.69, 9.17) is 0 Å². The van der Waals surface area contributed by atoms with Gasteiger partial charge in [-0.15, -0.1) is 0 Å². The van der Waals surface area contributed by atoms with E-state index in [-0.39, 0.29) is 30.4 Å². The third-order valence-corrected chi connectivity index (χ3v) is 6.82. The molecule has 0 radical (unpaired) electrons. The first-order valence-electron chi connectivity index (χ1n) is 11.9. The molecule has 1 N–H and O–H groups in total. The average molecular weight is 448 g/mol. The number of aryl methyl sites for hydroxylation is 4. The summed E-state index contributed by atoms with van der Waals surface area (Å²) in [5, 5.41) is 3.02. The van der Waals surface area contributed by atoms with Crippen molar-refractivity contribution in [1.82, 2.24) is 9.80 Å². The number of Topliss-reactive ketones (excluding diaryl/α,β-unsaturated/α-hetero) is 1. The van der Waals surface area contributed by atoms with E-state index in [1.807, 2.05) is 49.1 Å². The highest BCUT2D eigenvalue weighted by Crippen LogP contribution is 2.24. The second-order valence-corrected chi connectivity index (χ2v) is 9.23. The fraction of sp³-hybridized carbons (Fsp3) is 0.444. The second kappa shape index (κ2) is 10.3. The molecule has 0 saturated carbocycles. The number of benzene rings is 2. The average Bonchev–Trinajstić information content (AvgIpc) is 3.28. The van der Waals surface area contributed by atoms with E-state index in [9.17, 15) is 14.4 Å². The van der Waals surface area contributed by atoms with Gasteiger partial charge in [0.15, 0.2) is 5.78 Å². The van der Waals surface area contributed by atoms with Crippen molar-refractivity contribution in [3.63, 3.8) is 0 Å². The summed E-state index contributed by atoms with van der Waals surface area (Å²) in [5.41, 5.74) is 6.34. The minimum Gasteiger partial charge on any atom is -0.340 e. The van der Waals surface area contributed by atoms with Crippen LogP contribution in [-0.4, -0.2) is 60.1 Å². The Morgan fingerprint density at radius 1 is 0.879 bits per heavy atom. The highest BCUT2D eigenvalue weighted by atomic mass is 16.2. The molecule has 6 heteroatoms. The number of nitrogens with zero attached hydrogens (tertiary/aromatic N) is 2. The fourth-order valence-corrected chi connectivity index (χ4v) is 4.82. The van der Waals surface area contributed by atoms with Crippen LogP contribution in [0.1, 0.15) is 51.9 Å². The van der Waals surface area contributed by atoms with Crippen molar-refractivity contribution in [3.8, 4) is 0 Å². The zero-order valence-electron chi connectivity index (χ0n) is 19.7. The van der Waals surface area contributed by atoms with Crippen molar-refractivity contribution in [1.29, 1.82) is 0 Å². The van der Waals surface area contributed by atoms with Crippen LogP contribution in [-0.2, 0) is 22.4 Å². The SMILES string of the molecule is Cc1cccc(C)c1NC(=O)CN1CCN(C(=O)CCC(=O)c2ccc3c(c2)CCC3)CC1. The number of ketones is 1. The first kappa shape index (κ1) is 23.2. The third-order valence-electron chi connectivity index (χ3n) is 6.82. The molecule has 0 atom stereocenters. The summed E-state index contributed by atoms with van der Waals surface area (Å²) in [4.78, 5) is 41.6. The van der Waals surface area contributed by atoms with Gasteiger partial charge in [-0.25, -0.2) is 0 Å². The third kappa shape index (κ3) is 5.69. The maximum Gasteiger partial charge on any atom is 0.238 e. The van der Waals surface area contributed by atoms with E-state index >= 15 is 0 Å². The molecule has 174 valence electrons. The summed E-state index contributed by atoms with van der Waals surface area (Å²) >= 11 is 0. The molecule has 2 aromatic rings. The molecule has 1 saturated heterocycles. The van der Waals surface area contributed by atoms with E-state index < -0.39 is 0 Å². The molecule has 1 aliphatic heterocycles. The van der Waals surface area contributed by atoms with Crippen LogP contribution < -0.4 is 5.32 Å². The lowest BCUT2D eigenvalue weighted by Crippen LogP contribution is -2.50. The van der Waals surface area contributed by atoms with Crippen molar-refractivity contribution in [2.45, 2.75) is 46.0 Å². The molecule has 2 aliphatic rings. The molecular weight excluding hydrogens is 414 g/mol. The van der Waals surface area contributed by atoms with Gasteiger partial charge in [-0.2, -0.15) is 0 Å². The molecule has 6 nitrogen and oxygen atoms in total. The molecular formula is C27H33N3O3. The Labute approximate surface area is 196 Å². The van der Waals surface area contributed by atoms with Gasteiger partial charge in [0.25, 0.3) is 0 Å². The summed E-state index contributed by atoms with van der Waals surface area (Å²) in [6.45, 7) is 6.78. The molecule has 0 unspecified atom stereocenters. The maximum absolute atomic E-state index is 12.6. The largest absolute Gasteiger partial charge is 0.340 e. The Balaban J connectivity index is 1.20. The zero-order chi connectivity index (χ0) is 23.4. The minimum atomic E-state index is -0.0351. The molecule has 33 heavy (non-hydrogen) atoms. The monoisotopic (exact) mass is 447 g/mol. The fourth-order valence-electron chi connectivity index (χ4n) is 4.82. The van der Waals surface area contributed by atoms with Gasteiger partial charge in [-0.1, -0.05) is 30.3 Å². The Morgan fingerprint density at radius 3 is 2.30 bits per heavy atom. The molecule has 0 spiro atoms. The summed E-state index contributed by atoms with van der Waals surface area (Å²) in [6.07, 6.45) is 3.79. The number of nitrogens with one attached hydrogen (secondary N) is 1. The van der Waals surface area contributed by atoms with Gasteiger partial charge in [0.1, 0.15) is 0 Å². The van der Waals surface area contributed by atoms with Crippen LogP contribution in [0.3, 0.4) is 0 Å². The van der Waals surface area contributed by atoms with E-state index in [2.05, 4.69) is 16.3 Å². The molecule has 1 heterocycles. The first-order valence-corrected chi connectivity index (χ1v) is 11.9. The van der Waals surface area contributed by atoms with E-state index in [0.29, 0.717) is 32.7 Å². The molecule has 0 aromatic heterocycles. The van der Waals surface area contributed by atoms with Gasteiger partial charge in [0.05, 0.1) is 6.54 Å². The summed E-state index contributed by atoms with van der Waals surface area (Å²) in [6, 6.07) is 11.9. The molecule has 2 amide bonds. The number of hydrogen-bond acceptors (Lipinski definition) is 4. The normalized spacial score (nSPS) is 15.9. The number of carbonyl (C=O) groups is 3. The smallest absolute Gasteiger partial charge is 0.238 e. The lowest BCUT2D eigenvalue weighted by molar-refractivity contribution is -0.133. The highest BCUT2D eigenvalue weighted by molar-refractivity contribution is 5.98. The molecule has 1 fully saturated rings. The Bertz CT molecular complexity index is 1030. The number of anilines is 1. The topological polar surface area (TPSA) is 69.7 Å². The van der Waals surface area contributed by atoms with E-state index in [0.717, 1.165) is 41.6 Å². The quantitative estimate of drug-likeness (QED) is 0.659. The highest BCUT2D eigenvalue weighted by Gasteiger charge is 2.23. The molecule has 1 aliphatic carbocycles. The van der Waals surface area contributed by atoms with Gasteiger partial charge in [0, 0.05) is 50.3 Å². The van der Waals surface area contributed by atoms with Crippen LogP contribution in [0.5, 0.6) is 0 Å². The number of amides is 2. The summed E-state index contributed by atoms with van der Waals surface area (Å²) < 4.78 is 0. The molecule has 0 bridgehead atoms. The van der Waals surface area contributed by atoms with Crippen molar-refractivity contribution in [3.05, 3.63) is 64.2 Å². The number of para-hydroxylation sites is 1. The minimum absolute atomic E-state index is 0.0177. The van der Waals surface area contributed by atoms with Crippen molar-refractivity contribution >= 4 is 23.3 Å². The summed E-state index contributed by atoms with van der Waals surface area (Å²) in [7, 11) is 0. The number of rotatable bonds is 7. The molecule has 2 aromatic carbocycles. The van der Waals surface area contributed by atoms with Crippen LogP contribution in [0, 0.1) is 13.8 Å². The predicted octanol–water partition coefficient (Wildman–Crippen LogP) is 3.54. The van der Waals surface area contributed by atoms with Crippen LogP contribution in [0.15, 0.2) is 36.4 Å². The first-order chi connectivity index (χ1) is 15.9. The van der Waals surface area contributed by atoms with E-state index in [1.165, 1.54) is 11.1 Å². The van der Waals surface area contributed by atoms with Crippen LogP contribution in [0.25, 0.3) is 0 Å². The summed E-state index contributed by atoms with van der Waals surface area (Å²) in [5.74, 6) is 0.0242. The lowest BCUT2D eigenvalue weighted by Gasteiger charge is -2.34. The second-order valence-electron chi connectivity index (χ2n) is 9.23. The van der Waals surface area contributed by atoms with Crippen molar-refractivity contribution in [2.24, 2.45) is 0 Å². The number of hydrogen-bond donors (Lipinski definition) is 1. The standard InChI is InChI=1S/C27H33N3O3/c1-19-5-3-6-20(2)27(19)28-25(32)18-29-13-15-30(16-14-29)26(33)12-11-24(31)23-10-9-21-7-4-8-22(21)17-23/h3,5-6,9-10,17H,4,7-8,11-16,18H2,1-2H3,(H,28,32). The zero-order valence-corrected chi connectivity index (χ0v) is 19.7. The Kier molecular flexibility index (Phi) is 7.23. The van der Waals surface area contributed by atoms with Crippen molar-refractivity contribution < 1.29 is 14.4 Å². The van der Waals surface area contributed by atoms with E-state index in [1.54, 1.807) is 0 Å². The van der Waals surface area contributed by atoms with Crippen LogP contribution >= 0.6 is 0 Å². The predicted molar refractivity (Wildman–Crippen MR) is 130 cm³/mol. The number of carbonyl (C=O) groups excluding carboxylic acids is 3. The Morgan fingerprint density at radius 2 is 1.58 bits per heavy atom. The van der Waals surface area contributed by atoms with Crippen LogP contribution in [0.4, 0.5) is 5.69 Å². The van der Waals surface area contributed by atoms with Gasteiger partial charge in [-0.05, 0) is 61.4 Å². The van der Waals surface area contributed by atoms with Gasteiger partial charge < -0.3 is 10.2 Å². The maximum atomic E-state index is 12.6. The van der Waals surface area contributed by atoms with Crippen molar-refractivity contribution in [2.75, 3.05) is 38.0 Å². The van der Waals surface area contributed by atoms with Gasteiger partial charge >= 0.3 is 0 Å². The Hall–Kier alpha value is -2.99. The van der Waals surface area contributed by atoms with Crippen LogP contribution in [0.2, 0.25) is 0 Å².